The second kappa shape index (κ2) is 43.0. The van der Waals surface area contributed by atoms with Gasteiger partial charge in [0, 0.05) is 6.42 Å². The molecule has 352 valence electrons. The third-order valence-electron chi connectivity index (χ3n) is 10.4. The molecule has 0 aliphatic heterocycles. The Bertz CT molecular complexity index is 1260. The number of carbonyl (C=O) groups excluding carboxylic acids is 1. The minimum absolute atomic E-state index is 0.0574. The van der Waals surface area contributed by atoms with Crippen LogP contribution >= 0.6 is 7.82 Å². The highest BCUT2D eigenvalue weighted by Gasteiger charge is 2.27. The smallest absolute Gasteiger partial charge is 0.387 e. The molecule has 3 atom stereocenters. The van der Waals surface area contributed by atoms with E-state index in [9.17, 15) is 19.4 Å². The Morgan fingerprint density at radius 1 is 0.574 bits per heavy atom. The molecule has 0 radical (unpaired) electrons. The first-order valence-electron chi connectivity index (χ1n) is 24.5. The summed E-state index contributed by atoms with van der Waals surface area (Å²) in [5.74, 6) is -0.187. The molecule has 0 aromatic carbocycles. The van der Waals surface area contributed by atoms with Gasteiger partial charge in [0.2, 0.25) is 5.91 Å². The normalized spacial score (nSPS) is 14.9. The van der Waals surface area contributed by atoms with E-state index in [1.807, 2.05) is 27.2 Å². The molecule has 0 spiro atoms. The maximum Gasteiger partial charge on any atom is 0.472 e. The summed E-state index contributed by atoms with van der Waals surface area (Å²) >= 11 is 0. The summed E-state index contributed by atoms with van der Waals surface area (Å²) in [6.07, 6.45) is 59.7. The van der Waals surface area contributed by atoms with Crippen LogP contribution in [0.15, 0.2) is 85.1 Å². The van der Waals surface area contributed by atoms with Gasteiger partial charge in [-0.2, -0.15) is 0 Å². The Morgan fingerprint density at radius 3 is 1.44 bits per heavy atom. The number of unbranched alkanes of at least 4 members (excludes halogenated alkanes) is 18. The van der Waals surface area contributed by atoms with Gasteiger partial charge in [-0.3, -0.25) is 13.8 Å². The molecular weight excluding hydrogens is 780 g/mol. The van der Waals surface area contributed by atoms with E-state index in [4.69, 9.17) is 9.05 Å². The molecule has 3 unspecified atom stereocenters. The summed E-state index contributed by atoms with van der Waals surface area (Å²) in [6, 6.07) is -0.849. The molecule has 0 bridgehead atoms. The molecule has 61 heavy (non-hydrogen) atoms. The van der Waals surface area contributed by atoms with Crippen molar-refractivity contribution in [2.24, 2.45) is 0 Å². The van der Waals surface area contributed by atoms with Gasteiger partial charge in [-0.25, -0.2) is 4.57 Å². The van der Waals surface area contributed by atoms with Gasteiger partial charge in [-0.15, -0.1) is 0 Å². The Labute approximate surface area is 376 Å². The summed E-state index contributed by atoms with van der Waals surface area (Å²) in [6.45, 7) is 4.64. The van der Waals surface area contributed by atoms with Gasteiger partial charge >= 0.3 is 7.82 Å². The topological polar surface area (TPSA) is 105 Å². The SMILES string of the molecule is CC/C=C\C/C=C\C/C=C\C/C=C\C/C=C\C/C=C\CCCCCCCCCCCCCCC(=O)NC(COP(=O)(O)OCC[N+](C)(C)C)C(O)/C=C/CCCCCCCC. The number of carbonyl (C=O) groups is 1. The molecule has 3 N–H and O–H groups in total. The zero-order valence-corrected chi connectivity index (χ0v) is 40.8. The van der Waals surface area contributed by atoms with E-state index in [2.05, 4.69) is 92.1 Å². The summed E-state index contributed by atoms with van der Waals surface area (Å²) in [7, 11) is 1.56. The molecule has 0 fully saturated rings. The van der Waals surface area contributed by atoms with Crippen molar-refractivity contribution in [3.05, 3.63) is 85.1 Å². The fraction of sp³-hybridized carbons (Fsp3) is 0.712. The standard InChI is InChI=1S/C52H93N2O6P/c1-6-8-10-12-14-16-17-18-19-20-21-22-23-24-25-26-27-28-29-30-31-32-33-34-35-36-37-38-40-42-44-46-52(56)53-50(49-60-61(57,58)59-48-47-54(3,4)5)51(55)45-43-41-39-15-13-11-9-7-2/h8,10,14,16,18-19,21-22,24-25,27-28,43,45,50-51,55H,6-7,9,11-13,15,17,20,23,26,29-42,44,46-49H2,1-5H3,(H-,53,56,57,58)/p+1/b10-8-,16-14-,19-18-,22-21-,25-24-,28-27-,45-43+. The molecule has 0 aliphatic rings. The lowest BCUT2D eigenvalue weighted by Gasteiger charge is -2.25. The largest absolute Gasteiger partial charge is 0.472 e. The van der Waals surface area contributed by atoms with Crippen molar-refractivity contribution in [1.29, 1.82) is 0 Å². The van der Waals surface area contributed by atoms with E-state index in [0.717, 1.165) is 77.0 Å². The van der Waals surface area contributed by atoms with E-state index >= 15 is 0 Å². The van der Waals surface area contributed by atoms with Crippen LogP contribution in [0.25, 0.3) is 0 Å². The van der Waals surface area contributed by atoms with Crippen LogP contribution in [0.3, 0.4) is 0 Å². The van der Waals surface area contributed by atoms with E-state index < -0.39 is 20.0 Å². The summed E-state index contributed by atoms with van der Waals surface area (Å²) in [5, 5.41) is 13.7. The van der Waals surface area contributed by atoms with Crippen molar-refractivity contribution < 1.29 is 32.9 Å². The summed E-state index contributed by atoms with van der Waals surface area (Å²) < 4.78 is 23.5. The number of phosphoric acid groups is 1. The summed E-state index contributed by atoms with van der Waals surface area (Å²) in [5.41, 5.74) is 0. The molecule has 0 aromatic rings. The monoisotopic (exact) mass is 874 g/mol. The van der Waals surface area contributed by atoms with Gasteiger partial charge in [0.25, 0.3) is 0 Å². The van der Waals surface area contributed by atoms with Crippen LogP contribution in [0.5, 0.6) is 0 Å². The molecule has 0 aromatic heterocycles. The highest BCUT2D eigenvalue weighted by atomic mass is 31.2. The van der Waals surface area contributed by atoms with Crippen molar-refractivity contribution in [1.82, 2.24) is 5.32 Å². The maximum absolute atomic E-state index is 12.9. The van der Waals surface area contributed by atoms with Crippen LogP contribution in [0.1, 0.15) is 187 Å². The maximum atomic E-state index is 12.9. The van der Waals surface area contributed by atoms with E-state index in [1.165, 1.54) is 89.9 Å². The molecule has 1 amide bonds. The van der Waals surface area contributed by atoms with Crippen LogP contribution in [0.4, 0.5) is 0 Å². The van der Waals surface area contributed by atoms with Crippen LogP contribution in [-0.2, 0) is 18.4 Å². The fourth-order valence-corrected chi connectivity index (χ4v) is 7.25. The lowest BCUT2D eigenvalue weighted by atomic mass is 10.0. The number of nitrogens with one attached hydrogen (secondary N) is 1. The Morgan fingerprint density at radius 2 is 0.984 bits per heavy atom. The number of aliphatic hydroxyl groups is 1. The molecule has 0 aliphatic carbocycles. The van der Waals surface area contributed by atoms with Crippen molar-refractivity contribution >= 4 is 13.7 Å². The first-order valence-corrected chi connectivity index (χ1v) is 26.0. The average Bonchev–Trinajstić information content (AvgIpc) is 3.21. The Kier molecular flexibility index (Phi) is 41.3. The number of quaternary nitrogens is 1. The molecule has 0 rings (SSSR count). The van der Waals surface area contributed by atoms with E-state index in [-0.39, 0.29) is 19.1 Å². The first kappa shape index (κ1) is 58.7. The minimum Gasteiger partial charge on any atom is -0.387 e. The van der Waals surface area contributed by atoms with Gasteiger partial charge in [-0.05, 0) is 70.6 Å². The summed E-state index contributed by atoms with van der Waals surface area (Å²) in [4.78, 5) is 23.1. The number of allylic oxidation sites excluding steroid dienone is 13. The number of aliphatic hydroxyl groups excluding tert-OH is 1. The van der Waals surface area contributed by atoms with Crippen LogP contribution in [0.2, 0.25) is 0 Å². The fourth-order valence-electron chi connectivity index (χ4n) is 6.51. The van der Waals surface area contributed by atoms with Gasteiger partial charge in [0.15, 0.2) is 0 Å². The third-order valence-corrected chi connectivity index (χ3v) is 11.4. The van der Waals surface area contributed by atoms with Crippen LogP contribution < -0.4 is 5.32 Å². The average molecular weight is 874 g/mol. The quantitative estimate of drug-likeness (QED) is 0.0244. The van der Waals surface area contributed by atoms with Crippen molar-refractivity contribution in [2.75, 3.05) is 40.9 Å². The van der Waals surface area contributed by atoms with Crippen molar-refractivity contribution in [3.63, 3.8) is 0 Å². The molecule has 0 saturated heterocycles. The van der Waals surface area contributed by atoms with Crippen LogP contribution in [0, 0.1) is 0 Å². The molecule has 0 saturated carbocycles. The molecule has 0 heterocycles. The first-order chi connectivity index (χ1) is 29.5. The predicted octanol–water partition coefficient (Wildman–Crippen LogP) is 14.1. The van der Waals surface area contributed by atoms with Gasteiger partial charge in [0.05, 0.1) is 39.9 Å². The van der Waals surface area contributed by atoms with Gasteiger partial charge < -0.3 is 19.8 Å². The predicted molar refractivity (Wildman–Crippen MR) is 263 cm³/mol. The third kappa shape index (κ3) is 45.5. The number of rotatable bonds is 43. The lowest BCUT2D eigenvalue weighted by Crippen LogP contribution is -2.45. The minimum atomic E-state index is -4.34. The van der Waals surface area contributed by atoms with Gasteiger partial charge in [-0.1, -0.05) is 195 Å². The van der Waals surface area contributed by atoms with Gasteiger partial charge in [0.1, 0.15) is 13.2 Å². The van der Waals surface area contributed by atoms with Crippen LogP contribution in [-0.4, -0.2) is 73.4 Å². The number of nitrogens with zero attached hydrogens (tertiary/aromatic N) is 1. The zero-order valence-electron chi connectivity index (χ0n) is 39.9. The Balaban J connectivity index is 4.06. The number of hydrogen-bond donors (Lipinski definition) is 3. The second-order valence-corrected chi connectivity index (χ2v) is 18.9. The molecule has 8 nitrogen and oxygen atoms in total. The Hall–Kier alpha value is -2.32. The zero-order chi connectivity index (χ0) is 45.0. The number of phosphoric ester groups is 1. The van der Waals surface area contributed by atoms with Crippen molar-refractivity contribution in [3.8, 4) is 0 Å². The highest BCUT2D eigenvalue weighted by Crippen LogP contribution is 2.43. The molecular formula is C52H94N2O6P+. The second-order valence-electron chi connectivity index (χ2n) is 17.5. The lowest BCUT2D eigenvalue weighted by molar-refractivity contribution is -0.870. The number of likely N-dealkylation sites (N-methyl/N-ethyl adjacent to an activating group) is 1. The van der Waals surface area contributed by atoms with E-state index in [1.54, 1.807) is 6.08 Å². The number of hydrogen-bond acceptors (Lipinski definition) is 5. The van der Waals surface area contributed by atoms with Crippen molar-refractivity contribution in [2.45, 2.75) is 199 Å². The highest BCUT2D eigenvalue weighted by molar-refractivity contribution is 7.47. The molecule has 9 heteroatoms. The van der Waals surface area contributed by atoms with E-state index in [0.29, 0.717) is 17.4 Å². The number of amides is 1.